The molecule has 0 spiro atoms. The molecule has 166 valence electrons. The van der Waals surface area contributed by atoms with Gasteiger partial charge in [-0.2, -0.15) is 0 Å². The van der Waals surface area contributed by atoms with E-state index in [-0.39, 0.29) is 18.3 Å². The number of hydrogen-bond donors (Lipinski definition) is 0. The molecule has 0 radical (unpaired) electrons. The zero-order valence-electron chi connectivity index (χ0n) is 16.7. The Morgan fingerprint density at radius 3 is 1.59 bits per heavy atom. The molecule has 0 aliphatic carbocycles. The molecular formula is C24H19Br3O5. The summed E-state index contributed by atoms with van der Waals surface area (Å²) in [5, 5.41) is 0. The van der Waals surface area contributed by atoms with Gasteiger partial charge >= 0.3 is 0 Å². The van der Waals surface area contributed by atoms with Gasteiger partial charge in [-0.25, -0.2) is 0 Å². The Kier molecular flexibility index (Phi) is 6.76. The third-order valence-corrected chi connectivity index (χ3v) is 6.87. The second-order valence-corrected chi connectivity index (χ2v) is 10.2. The van der Waals surface area contributed by atoms with Crippen molar-refractivity contribution in [2.45, 2.75) is 30.7 Å². The monoisotopic (exact) mass is 624 g/mol. The summed E-state index contributed by atoms with van der Waals surface area (Å²) in [5.41, 5.74) is 0. The van der Waals surface area contributed by atoms with E-state index in [4.69, 9.17) is 23.7 Å². The second kappa shape index (κ2) is 9.73. The minimum Gasteiger partial charge on any atom is -0.491 e. The molecule has 0 amide bonds. The van der Waals surface area contributed by atoms with E-state index in [0.29, 0.717) is 6.61 Å². The summed E-state index contributed by atoms with van der Waals surface area (Å²) in [5.74, 6) is 2.25. The highest BCUT2D eigenvalue weighted by Crippen LogP contribution is 2.39. The standard InChI is InChI=1S/C24H19Br3O5/c25-14-1-7-17(8-2-14)28-13-20-21(29-18-9-3-15(26)4-10-18)22-23(24(31-20)32-22)30-19-11-5-16(27)6-12-19/h1-12,20-24H,13H2/t20-,21-,22?,23-,24?/m1/s1. The minimum absolute atomic E-state index is 0.263. The lowest BCUT2D eigenvalue weighted by atomic mass is 9.93. The third-order valence-electron chi connectivity index (χ3n) is 5.28. The van der Waals surface area contributed by atoms with E-state index < -0.39 is 12.4 Å². The fourth-order valence-electron chi connectivity index (χ4n) is 3.66. The van der Waals surface area contributed by atoms with Crippen LogP contribution in [0.4, 0.5) is 0 Å². The summed E-state index contributed by atoms with van der Waals surface area (Å²) in [6.07, 6.45) is -1.71. The molecular weight excluding hydrogens is 608 g/mol. The molecule has 3 aromatic rings. The fourth-order valence-corrected chi connectivity index (χ4v) is 4.45. The Labute approximate surface area is 211 Å². The molecule has 3 saturated heterocycles. The number of benzene rings is 3. The van der Waals surface area contributed by atoms with Gasteiger partial charge in [0.1, 0.15) is 36.1 Å². The van der Waals surface area contributed by atoms with Crippen LogP contribution in [0.2, 0.25) is 0 Å². The molecule has 8 heteroatoms. The highest BCUT2D eigenvalue weighted by atomic mass is 79.9. The summed E-state index contributed by atoms with van der Waals surface area (Å²) in [6.45, 7) is 0.337. The first-order valence-corrected chi connectivity index (χ1v) is 12.5. The summed E-state index contributed by atoms with van der Waals surface area (Å²) >= 11 is 10.3. The van der Waals surface area contributed by atoms with Crippen LogP contribution in [0.25, 0.3) is 0 Å². The summed E-state index contributed by atoms with van der Waals surface area (Å²) in [7, 11) is 0. The number of hydrogen-bond acceptors (Lipinski definition) is 5. The Balaban J connectivity index is 1.31. The number of fused-ring (bicyclic) bond motifs is 2. The molecule has 5 atom stereocenters. The molecule has 3 fully saturated rings. The van der Waals surface area contributed by atoms with Crippen molar-refractivity contribution >= 4 is 47.8 Å². The first-order valence-electron chi connectivity index (χ1n) is 10.1. The van der Waals surface area contributed by atoms with Gasteiger partial charge in [0.05, 0.1) is 0 Å². The van der Waals surface area contributed by atoms with Crippen LogP contribution in [-0.2, 0) is 9.47 Å². The van der Waals surface area contributed by atoms with Gasteiger partial charge in [0.2, 0.25) is 0 Å². The highest BCUT2D eigenvalue weighted by molar-refractivity contribution is 9.11. The van der Waals surface area contributed by atoms with Crippen LogP contribution in [0.1, 0.15) is 0 Å². The van der Waals surface area contributed by atoms with Crippen molar-refractivity contribution in [2.24, 2.45) is 0 Å². The predicted octanol–water partition coefficient (Wildman–Crippen LogP) is 6.37. The largest absolute Gasteiger partial charge is 0.491 e. The van der Waals surface area contributed by atoms with Crippen molar-refractivity contribution in [3.63, 3.8) is 0 Å². The molecule has 0 aromatic heterocycles. The quantitative estimate of drug-likeness (QED) is 0.305. The van der Waals surface area contributed by atoms with Crippen LogP contribution in [0, 0.1) is 0 Å². The maximum Gasteiger partial charge on any atom is 0.198 e. The zero-order valence-corrected chi connectivity index (χ0v) is 21.5. The van der Waals surface area contributed by atoms with Crippen LogP contribution in [0.15, 0.2) is 86.2 Å². The molecule has 3 aliphatic rings. The van der Waals surface area contributed by atoms with E-state index in [2.05, 4.69) is 47.8 Å². The van der Waals surface area contributed by atoms with Gasteiger partial charge in [-0.1, -0.05) is 47.8 Å². The van der Waals surface area contributed by atoms with E-state index in [1.54, 1.807) is 0 Å². The van der Waals surface area contributed by atoms with Crippen LogP contribution in [0.5, 0.6) is 17.2 Å². The summed E-state index contributed by atoms with van der Waals surface area (Å²) in [4.78, 5) is 0. The van der Waals surface area contributed by atoms with Crippen LogP contribution >= 0.6 is 47.8 Å². The maximum atomic E-state index is 6.32. The van der Waals surface area contributed by atoms with E-state index in [0.717, 1.165) is 30.7 Å². The van der Waals surface area contributed by atoms with Crippen molar-refractivity contribution in [3.8, 4) is 17.2 Å². The van der Waals surface area contributed by atoms with Crippen LogP contribution in [-0.4, -0.2) is 37.3 Å². The predicted molar refractivity (Wildman–Crippen MR) is 130 cm³/mol. The van der Waals surface area contributed by atoms with Crippen molar-refractivity contribution in [2.75, 3.05) is 6.61 Å². The fraction of sp³-hybridized carbons (Fsp3) is 0.250. The lowest BCUT2D eigenvalue weighted by Crippen LogP contribution is -2.73. The molecule has 2 unspecified atom stereocenters. The van der Waals surface area contributed by atoms with Gasteiger partial charge in [0.25, 0.3) is 0 Å². The number of ether oxygens (including phenoxy) is 5. The van der Waals surface area contributed by atoms with E-state index in [9.17, 15) is 0 Å². The minimum atomic E-state index is -0.466. The van der Waals surface area contributed by atoms with Crippen molar-refractivity contribution in [3.05, 3.63) is 86.2 Å². The Hall–Kier alpha value is -1.58. The molecule has 32 heavy (non-hydrogen) atoms. The van der Waals surface area contributed by atoms with Gasteiger partial charge in [0.15, 0.2) is 18.5 Å². The van der Waals surface area contributed by atoms with Gasteiger partial charge in [-0.15, -0.1) is 0 Å². The molecule has 3 aliphatic heterocycles. The van der Waals surface area contributed by atoms with Crippen molar-refractivity contribution in [1.29, 1.82) is 0 Å². The van der Waals surface area contributed by atoms with Gasteiger partial charge in [-0.3, -0.25) is 0 Å². The number of halogens is 3. The molecule has 3 aromatic carbocycles. The summed E-state index contributed by atoms with van der Waals surface area (Å²) < 4.78 is 33.6. The zero-order chi connectivity index (χ0) is 22.1. The SMILES string of the molecule is Brc1ccc(OC[C@H]2OC3OC([C@H]3Oc3ccc(Br)cc3)[C@@H]2Oc2ccc(Br)cc2)cc1. The topological polar surface area (TPSA) is 46.2 Å². The van der Waals surface area contributed by atoms with Gasteiger partial charge in [0, 0.05) is 13.4 Å². The van der Waals surface area contributed by atoms with E-state index in [1.807, 2.05) is 72.8 Å². The Morgan fingerprint density at radius 2 is 1.06 bits per heavy atom. The van der Waals surface area contributed by atoms with E-state index in [1.165, 1.54) is 0 Å². The molecule has 3 heterocycles. The van der Waals surface area contributed by atoms with Crippen molar-refractivity contribution < 1.29 is 23.7 Å². The molecule has 2 bridgehead atoms. The first-order chi connectivity index (χ1) is 15.5. The van der Waals surface area contributed by atoms with Gasteiger partial charge < -0.3 is 23.7 Å². The van der Waals surface area contributed by atoms with Crippen LogP contribution in [0.3, 0.4) is 0 Å². The molecule has 0 N–H and O–H groups in total. The van der Waals surface area contributed by atoms with Gasteiger partial charge in [-0.05, 0) is 72.8 Å². The lowest BCUT2D eigenvalue weighted by molar-refractivity contribution is -0.397. The molecule has 0 saturated carbocycles. The van der Waals surface area contributed by atoms with Crippen LogP contribution < -0.4 is 14.2 Å². The normalized spacial score (nSPS) is 26.2. The number of rotatable bonds is 7. The highest BCUT2D eigenvalue weighted by Gasteiger charge is 2.59. The molecule has 5 nitrogen and oxygen atoms in total. The Morgan fingerprint density at radius 1 is 0.594 bits per heavy atom. The summed E-state index contributed by atoms with van der Waals surface area (Å²) in [6, 6.07) is 23.1. The lowest BCUT2D eigenvalue weighted by Gasteiger charge is -2.53. The first kappa shape index (κ1) is 22.2. The smallest absolute Gasteiger partial charge is 0.198 e. The Bertz CT molecular complexity index is 1040. The third kappa shape index (κ3) is 4.99. The van der Waals surface area contributed by atoms with E-state index >= 15 is 0 Å². The average Bonchev–Trinajstić information content (AvgIpc) is 2.80. The molecule has 6 rings (SSSR count). The average molecular weight is 627 g/mol. The second-order valence-electron chi connectivity index (χ2n) is 7.48. The van der Waals surface area contributed by atoms with Crippen molar-refractivity contribution in [1.82, 2.24) is 0 Å². The maximum absolute atomic E-state index is 6.32.